The van der Waals surface area contributed by atoms with Crippen molar-refractivity contribution in [1.29, 1.82) is 0 Å². The van der Waals surface area contributed by atoms with Crippen molar-refractivity contribution >= 4 is 39.9 Å². The van der Waals surface area contributed by atoms with Crippen molar-refractivity contribution in [1.82, 2.24) is 0 Å². The Morgan fingerprint density at radius 3 is 2.44 bits per heavy atom. The van der Waals surface area contributed by atoms with Crippen LogP contribution in [-0.4, -0.2) is 24.4 Å². The maximum absolute atomic E-state index is 12.2. The Morgan fingerprint density at radius 1 is 0.889 bits per heavy atom. The molecule has 0 aliphatic heterocycles. The minimum absolute atomic E-state index is 0.241. The fourth-order valence-corrected chi connectivity index (χ4v) is 2.66. The third-order valence-corrected chi connectivity index (χ3v) is 3.82. The van der Waals surface area contributed by atoms with E-state index in [-0.39, 0.29) is 11.5 Å². The van der Waals surface area contributed by atoms with Gasteiger partial charge in [-0.1, -0.05) is 42.5 Å². The zero-order valence-corrected chi connectivity index (χ0v) is 14.7. The number of carbonyl (C=O) groups is 3. The second-order valence-corrected chi connectivity index (χ2v) is 5.91. The van der Waals surface area contributed by atoms with Gasteiger partial charge in [-0.2, -0.15) is 0 Å². The Labute approximate surface area is 156 Å². The number of benzene rings is 3. The SMILES string of the molecule is CC(=O)Nc1cccc(C(=O)OCC(=O)Nc2cccc3ccccc23)c1. The van der Waals surface area contributed by atoms with E-state index < -0.39 is 18.5 Å². The number of carbonyl (C=O) groups excluding carboxylic acids is 3. The van der Waals surface area contributed by atoms with Crippen molar-refractivity contribution in [2.24, 2.45) is 0 Å². The minimum atomic E-state index is -0.643. The second kappa shape index (κ2) is 8.14. The molecule has 0 saturated heterocycles. The largest absolute Gasteiger partial charge is 0.452 e. The quantitative estimate of drug-likeness (QED) is 0.679. The van der Waals surface area contributed by atoms with Gasteiger partial charge in [0.05, 0.1) is 5.56 Å². The van der Waals surface area contributed by atoms with E-state index in [9.17, 15) is 14.4 Å². The van der Waals surface area contributed by atoms with E-state index in [1.54, 1.807) is 24.3 Å². The van der Waals surface area contributed by atoms with Crippen LogP contribution < -0.4 is 10.6 Å². The van der Waals surface area contributed by atoms with E-state index in [1.807, 2.05) is 36.4 Å². The molecule has 0 aliphatic carbocycles. The molecule has 0 atom stereocenters. The Hall–Kier alpha value is -3.67. The van der Waals surface area contributed by atoms with E-state index in [1.165, 1.54) is 13.0 Å². The molecule has 3 rings (SSSR count). The molecule has 3 aromatic rings. The molecule has 27 heavy (non-hydrogen) atoms. The lowest BCUT2D eigenvalue weighted by Crippen LogP contribution is -2.21. The zero-order chi connectivity index (χ0) is 19.2. The van der Waals surface area contributed by atoms with Crippen LogP contribution in [0.1, 0.15) is 17.3 Å². The molecule has 0 heterocycles. The molecule has 0 fully saturated rings. The molecule has 0 spiro atoms. The maximum Gasteiger partial charge on any atom is 0.338 e. The highest BCUT2D eigenvalue weighted by molar-refractivity contribution is 6.03. The van der Waals surface area contributed by atoms with Gasteiger partial charge in [0, 0.05) is 23.7 Å². The molecule has 0 saturated carbocycles. The molecule has 0 aromatic heterocycles. The number of hydrogen-bond donors (Lipinski definition) is 2. The molecule has 0 unspecified atom stereocenters. The molecule has 0 radical (unpaired) electrons. The van der Waals surface area contributed by atoms with Crippen molar-refractivity contribution in [3.8, 4) is 0 Å². The van der Waals surface area contributed by atoms with Crippen molar-refractivity contribution in [2.75, 3.05) is 17.2 Å². The van der Waals surface area contributed by atoms with Crippen LogP contribution in [0.2, 0.25) is 0 Å². The number of anilines is 2. The standard InChI is InChI=1S/C21H18N2O4/c1-14(24)22-17-9-4-8-16(12-17)21(26)27-13-20(25)23-19-11-5-7-15-6-2-3-10-18(15)19/h2-12H,13H2,1H3,(H,22,24)(H,23,25). The fourth-order valence-electron chi connectivity index (χ4n) is 2.66. The number of nitrogens with one attached hydrogen (secondary N) is 2. The first kappa shape index (κ1) is 18.1. The third-order valence-electron chi connectivity index (χ3n) is 3.82. The summed E-state index contributed by atoms with van der Waals surface area (Å²) in [5.41, 5.74) is 1.39. The number of ether oxygens (including phenoxy) is 1. The van der Waals surface area contributed by atoms with Gasteiger partial charge in [0.1, 0.15) is 0 Å². The van der Waals surface area contributed by atoms with Gasteiger partial charge in [0.15, 0.2) is 6.61 Å². The highest BCUT2D eigenvalue weighted by Gasteiger charge is 2.12. The lowest BCUT2D eigenvalue weighted by Gasteiger charge is -2.10. The van der Waals surface area contributed by atoms with Crippen LogP contribution in [-0.2, 0) is 14.3 Å². The Balaban J connectivity index is 1.62. The van der Waals surface area contributed by atoms with Crippen LogP contribution >= 0.6 is 0 Å². The maximum atomic E-state index is 12.2. The summed E-state index contributed by atoms with van der Waals surface area (Å²) in [5, 5.41) is 7.25. The van der Waals surface area contributed by atoms with Crippen molar-refractivity contribution in [2.45, 2.75) is 6.92 Å². The van der Waals surface area contributed by atoms with Crippen molar-refractivity contribution < 1.29 is 19.1 Å². The predicted molar refractivity (Wildman–Crippen MR) is 104 cm³/mol. The lowest BCUT2D eigenvalue weighted by molar-refractivity contribution is -0.119. The molecule has 136 valence electrons. The Kier molecular flexibility index (Phi) is 5.47. The molecule has 2 N–H and O–H groups in total. The summed E-state index contributed by atoms with van der Waals surface area (Å²) in [6, 6.07) is 19.6. The van der Waals surface area contributed by atoms with Crippen LogP contribution in [0.3, 0.4) is 0 Å². The van der Waals surface area contributed by atoms with Crippen LogP contribution in [0.15, 0.2) is 66.7 Å². The lowest BCUT2D eigenvalue weighted by atomic mass is 10.1. The first-order valence-corrected chi connectivity index (χ1v) is 8.35. The summed E-state index contributed by atoms with van der Waals surface area (Å²) in [7, 11) is 0. The number of rotatable bonds is 5. The second-order valence-electron chi connectivity index (χ2n) is 5.91. The van der Waals surface area contributed by atoms with Crippen LogP contribution in [0.4, 0.5) is 11.4 Å². The molecule has 3 aromatic carbocycles. The monoisotopic (exact) mass is 362 g/mol. The summed E-state index contributed by atoms with van der Waals surface area (Å²) in [6.07, 6.45) is 0. The number of esters is 1. The molecular weight excluding hydrogens is 344 g/mol. The zero-order valence-electron chi connectivity index (χ0n) is 14.7. The molecular formula is C21H18N2O4. The van der Waals surface area contributed by atoms with Gasteiger partial charge < -0.3 is 15.4 Å². The summed E-state index contributed by atoms with van der Waals surface area (Å²) >= 11 is 0. The topological polar surface area (TPSA) is 84.5 Å². The molecule has 6 heteroatoms. The number of hydrogen-bond acceptors (Lipinski definition) is 4. The van der Waals surface area contributed by atoms with E-state index in [0.29, 0.717) is 11.4 Å². The average molecular weight is 362 g/mol. The van der Waals surface area contributed by atoms with Gasteiger partial charge in [-0.25, -0.2) is 4.79 Å². The fraction of sp³-hybridized carbons (Fsp3) is 0.0952. The molecule has 0 aliphatic rings. The minimum Gasteiger partial charge on any atom is -0.452 e. The van der Waals surface area contributed by atoms with E-state index in [4.69, 9.17) is 4.74 Å². The van der Waals surface area contributed by atoms with Gasteiger partial charge in [0.2, 0.25) is 5.91 Å². The average Bonchev–Trinajstić information content (AvgIpc) is 2.66. The van der Waals surface area contributed by atoms with Crippen LogP contribution in [0, 0.1) is 0 Å². The highest BCUT2D eigenvalue weighted by Crippen LogP contribution is 2.22. The van der Waals surface area contributed by atoms with Gasteiger partial charge >= 0.3 is 5.97 Å². The Morgan fingerprint density at radius 2 is 1.63 bits per heavy atom. The Bertz CT molecular complexity index is 1010. The first-order valence-electron chi connectivity index (χ1n) is 8.35. The summed E-state index contributed by atoms with van der Waals surface area (Å²) in [6.45, 7) is 0.967. The van der Waals surface area contributed by atoms with Gasteiger partial charge in [-0.3, -0.25) is 9.59 Å². The highest BCUT2D eigenvalue weighted by atomic mass is 16.5. The molecule has 2 amide bonds. The molecule has 6 nitrogen and oxygen atoms in total. The van der Waals surface area contributed by atoms with Crippen LogP contribution in [0.5, 0.6) is 0 Å². The number of fused-ring (bicyclic) bond motifs is 1. The summed E-state index contributed by atoms with van der Waals surface area (Å²) < 4.78 is 5.07. The van der Waals surface area contributed by atoms with Gasteiger partial charge in [0.25, 0.3) is 5.91 Å². The normalized spacial score (nSPS) is 10.3. The molecule has 0 bridgehead atoms. The van der Waals surface area contributed by atoms with Gasteiger partial charge in [-0.05, 0) is 29.7 Å². The van der Waals surface area contributed by atoms with Gasteiger partial charge in [-0.15, -0.1) is 0 Å². The smallest absolute Gasteiger partial charge is 0.338 e. The third kappa shape index (κ3) is 4.70. The van der Waals surface area contributed by atoms with E-state index >= 15 is 0 Å². The summed E-state index contributed by atoms with van der Waals surface area (Å²) in [4.78, 5) is 35.4. The van der Waals surface area contributed by atoms with E-state index in [0.717, 1.165) is 10.8 Å². The predicted octanol–water partition coefficient (Wildman–Crippen LogP) is 3.59. The van der Waals surface area contributed by atoms with Crippen molar-refractivity contribution in [3.05, 3.63) is 72.3 Å². The van der Waals surface area contributed by atoms with Crippen LogP contribution in [0.25, 0.3) is 10.8 Å². The first-order chi connectivity index (χ1) is 13.0. The van der Waals surface area contributed by atoms with E-state index in [2.05, 4.69) is 10.6 Å². The summed E-state index contributed by atoms with van der Waals surface area (Å²) in [5.74, 6) is -1.32. The number of amides is 2. The van der Waals surface area contributed by atoms with Crippen molar-refractivity contribution in [3.63, 3.8) is 0 Å².